The number of nitrogens with zero attached hydrogens (tertiary/aromatic N) is 5. The molecule has 1 saturated heterocycles. The van der Waals surface area contributed by atoms with Gasteiger partial charge in [0.25, 0.3) is 5.91 Å². The summed E-state index contributed by atoms with van der Waals surface area (Å²) < 4.78 is 0. The third-order valence-electron chi connectivity index (χ3n) is 6.75. The zero-order chi connectivity index (χ0) is 22.6. The van der Waals surface area contributed by atoms with E-state index in [9.17, 15) is 14.7 Å². The van der Waals surface area contributed by atoms with E-state index in [0.717, 1.165) is 27.7 Å². The van der Waals surface area contributed by atoms with Crippen LogP contribution in [-0.2, 0) is 11.3 Å². The van der Waals surface area contributed by atoms with Crippen LogP contribution in [0.4, 0.5) is 4.79 Å². The molecule has 5 rings (SSSR count). The van der Waals surface area contributed by atoms with Gasteiger partial charge in [-0.15, -0.1) is 0 Å². The summed E-state index contributed by atoms with van der Waals surface area (Å²) in [5, 5.41) is 11.4. The molecule has 2 aromatic carbocycles. The highest BCUT2D eigenvalue weighted by Crippen LogP contribution is 2.38. The van der Waals surface area contributed by atoms with Crippen LogP contribution in [0.25, 0.3) is 10.8 Å². The Balaban J connectivity index is 1.49. The number of amides is 3. The van der Waals surface area contributed by atoms with Crippen LogP contribution in [0.2, 0.25) is 0 Å². The molecular weight excluding hydrogens is 406 g/mol. The molecule has 2 atom stereocenters. The lowest BCUT2D eigenvalue weighted by Gasteiger charge is -2.41. The minimum absolute atomic E-state index is 0.0824. The lowest BCUT2D eigenvalue weighted by atomic mass is 10.0. The quantitative estimate of drug-likeness (QED) is 0.784. The molecule has 1 fully saturated rings. The Hall–Kier alpha value is -3.39. The zero-order valence-electron chi connectivity index (χ0n) is 18.5. The molecular formula is C24H27N5O3. The lowest BCUT2D eigenvalue weighted by Crippen LogP contribution is -2.64. The van der Waals surface area contributed by atoms with Gasteiger partial charge >= 0.3 is 6.03 Å². The minimum Gasteiger partial charge on any atom is -0.396 e. The van der Waals surface area contributed by atoms with Crippen molar-refractivity contribution in [3.63, 3.8) is 0 Å². The number of rotatable bonds is 5. The van der Waals surface area contributed by atoms with Gasteiger partial charge in [-0.1, -0.05) is 42.5 Å². The van der Waals surface area contributed by atoms with Gasteiger partial charge in [-0.25, -0.2) is 9.79 Å². The SMILES string of the molecule is CC1=C(C)N2C(=NC3C2C(=O)N(Cc2cccc4ccccc24)C(=O)N3C)N1CCCO. The first-order valence-electron chi connectivity index (χ1n) is 10.9. The molecule has 1 N–H and O–H groups in total. The number of guanidine groups is 1. The summed E-state index contributed by atoms with van der Waals surface area (Å²) >= 11 is 0. The van der Waals surface area contributed by atoms with E-state index in [4.69, 9.17) is 4.99 Å². The molecule has 3 amide bonds. The topological polar surface area (TPSA) is 79.7 Å². The van der Waals surface area contributed by atoms with Gasteiger partial charge in [0, 0.05) is 31.6 Å². The number of urea groups is 1. The fourth-order valence-electron chi connectivity index (χ4n) is 4.92. The zero-order valence-corrected chi connectivity index (χ0v) is 18.5. The predicted octanol–water partition coefficient (Wildman–Crippen LogP) is 2.55. The van der Waals surface area contributed by atoms with E-state index >= 15 is 0 Å². The number of aliphatic hydroxyl groups is 1. The average molecular weight is 434 g/mol. The number of allylic oxidation sites excluding steroid dienone is 2. The van der Waals surface area contributed by atoms with Crippen molar-refractivity contribution in [2.45, 2.75) is 39.0 Å². The second-order valence-corrected chi connectivity index (χ2v) is 8.51. The Morgan fingerprint density at radius 3 is 2.53 bits per heavy atom. The highest BCUT2D eigenvalue weighted by Gasteiger charge is 2.55. The third-order valence-corrected chi connectivity index (χ3v) is 6.75. The van der Waals surface area contributed by atoms with Gasteiger partial charge in [0.15, 0.2) is 12.2 Å². The number of aliphatic hydroxyl groups excluding tert-OH is 1. The largest absolute Gasteiger partial charge is 0.396 e. The second-order valence-electron chi connectivity index (χ2n) is 8.51. The van der Waals surface area contributed by atoms with Gasteiger partial charge in [0.2, 0.25) is 5.96 Å². The summed E-state index contributed by atoms with van der Waals surface area (Å²) in [7, 11) is 1.71. The highest BCUT2D eigenvalue weighted by atomic mass is 16.3. The average Bonchev–Trinajstić information content (AvgIpc) is 3.30. The van der Waals surface area contributed by atoms with Gasteiger partial charge in [-0.2, -0.15) is 0 Å². The van der Waals surface area contributed by atoms with E-state index in [0.29, 0.717) is 18.9 Å². The van der Waals surface area contributed by atoms with Crippen molar-refractivity contribution < 1.29 is 14.7 Å². The molecule has 0 radical (unpaired) electrons. The summed E-state index contributed by atoms with van der Waals surface area (Å²) in [5.41, 5.74) is 2.91. The number of carbonyl (C=O) groups is 2. The van der Waals surface area contributed by atoms with E-state index in [1.807, 2.05) is 66.1 Å². The molecule has 0 saturated carbocycles. The van der Waals surface area contributed by atoms with E-state index in [-0.39, 0.29) is 25.1 Å². The van der Waals surface area contributed by atoms with Crippen molar-refractivity contribution in [3.05, 3.63) is 59.4 Å². The minimum atomic E-state index is -0.586. The third kappa shape index (κ3) is 2.90. The molecule has 166 valence electrons. The fraction of sp³-hybridized carbons (Fsp3) is 0.375. The highest BCUT2D eigenvalue weighted by molar-refractivity contribution is 6.05. The molecule has 0 bridgehead atoms. The van der Waals surface area contributed by atoms with Gasteiger partial charge < -0.3 is 14.9 Å². The number of benzene rings is 2. The number of likely N-dealkylation sites (N-methyl/N-ethyl adjacent to an activating group) is 1. The number of aliphatic imine (C=N–C) groups is 1. The molecule has 3 heterocycles. The molecule has 0 spiro atoms. The van der Waals surface area contributed by atoms with Gasteiger partial charge in [0.05, 0.1) is 6.54 Å². The number of imide groups is 1. The maximum absolute atomic E-state index is 13.7. The summed E-state index contributed by atoms with van der Waals surface area (Å²) in [5.74, 6) is 0.449. The van der Waals surface area contributed by atoms with Crippen molar-refractivity contribution >= 4 is 28.7 Å². The standard InChI is InChI=1S/C24H27N5O3/c1-15-16(2)29-20-21(25-23(29)27(15)12-7-13-30)26(3)24(32)28(22(20)31)14-18-10-6-9-17-8-4-5-11-19(17)18/h4-6,8-11,20-21,30H,7,12-14H2,1-3H3. The van der Waals surface area contributed by atoms with Crippen LogP contribution in [-0.4, -0.2) is 75.0 Å². The van der Waals surface area contributed by atoms with Crippen LogP contribution in [0.3, 0.4) is 0 Å². The van der Waals surface area contributed by atoms with Crippen LogP contribution in [0.1, 0.15) is 25.8 Å². The molecule has 8 heteroatoms. The summed E-state index contributed by atoms with van der Waals surface area (Å²) in [6, 6.07) is 13.0. The maximum atomic E-state index is 13.7. The van der Waals surface area contributed by atoms with Crippen molar-refractivity contribution in [3.8, 4) is 0 Å². The van der Waals surface area contributed by atoms with Crippen LogP contribution in [0.15, 0.2) is 58.9 Å². The Morgan fingerprint density at radius 1 is 1.00 bits per heavy atom. The molecule has 32 heavy (non-hydrogen) atoms. The molecule has 0 aromatic heterocycles. The van der Waals surface area contributed by atoms with Crippen molar-refractivity contribution in [2.75, 3.05) is 20.2 Å². The van der Waals surface area contributed by atoms with Gasteiger partial charge in [0.1, 0.15) is 0 Å². The Morgan fingerprint density at radius 2 is 1.75 bits per heavy atom. The summed E-state index contributed by atoms with van der Waals surface area (Å²) in [6.07, 6.45) is 0.0383. The Kier molecular flexibility index (Phi) is 4.89. The summed E-state index contributed by atoms with van der Waals surface area (Å²) in [6.45, 7) is 4.88. The summed E-state index contributed by atoms with van der Waals surface area (Å²) in [4.78, 5) is 38.6. The van der Waals surface area contributed by atoms with E-state index in [1.54, 1.807) is 11.9 Å². The molecule has 0 aliphatic carbocycles. The molecule has 3 aliphatic rings. The molecule has 3 aliphatic heterocycles. The van der Waals surface area contributed by atoms with Crippen LogP contribution < -0.4 is 0 Å². The van der Waals surface area contributed by atoms with Crippen LogP contribution in [0.5, 0.6) is 0 Å². The number of hydrogen-bond donors (Lipinski definition) is 1. The van der Waals surface area contributed by atoms with Crippen LogP contribution in [0, 0.1) is 0 Å². The number of hydrogen-bond acceptors (Lipinski definition) is 6. The van der Waals surface area contributed by atoms with E-state index < -0.39 is 12.2 Å². The fourth-order valence-corrected chi connectivity index (χ4v) is 4.92. The first-order valence-corrected chi connectivity index (χ1v) is 10.9. The van der Waals surface area contributed by atoms with Gasteiger partial charge in [-0.05, 0) is 36.6 Å². The first-order chi connectivity index (χ1) is 15.4. The Labute approximate surface area is 187 Å². The molecule has 2 unspecified atom stereocenters. The lowest BCUT2D eigenvalue weighted by molar-refractivity contribution is -0.137. The monoisotopic (exact) mass is 433 g/mol. The molecule has 2 aromatic rings. The Bertz CT molecular complexity index is 1170. The smallest absolute Gasteiger partial charge is 0.328 e. The van der Waals surface area contributed by atoms with E-state index in [1.165, 1.54) is 4.90 Å². The normalized spacial score (nSPS) is 22.8. The van der Waals surface area contributed by atoms with Crippen LogP contribution >= 0.6 is 0 Å². The van der Waals surface area contributed by atoms with Crippen molar-refractivity contribution in [2.24, 2.45) is 4.99 Å². The van der Waals surface area contributed by atoms with Gasteiger partial charge in [-0.3, -0.25) is 14.6 Å². The first kappa shape index (κ1) is 20.5. The van der Waals surface area contributed by atoms with Crippen molar-refractivity contribution in [1.82, 2.24) is 19.6 Å². The predicted molar refractivity (Wildman–Crippen MR) is 121 cm³/mol. The number of carbonyl (C=O) groups excluding carboxylic acids is 2. The molecule has 8 nitrogen and oxygen atoms in total. The van der Waals surface area contributed by atoms with E-state index in [2.05, 4.69) is 0 Å². The maximum Gasteiger partial charge on any atom is 0.328 e. The second kappa shape index (κ2) is 7.63. The van der Waals surface area contributed by atoms with Crippen molar-refractivity contribution in [1.29, 1.82) is 0 Å². The number of fused-ring (bicyclic) bond motifs is 4.